The summed E-state index contributed by atoms with van der Waals surface area (Å²) in [5.41, 5.74) is 2.36. The Bertz CT molecular complexity index is 334. The van der Waals surface area contributed by atoms with Crippen molar-refractivity contribution < 1.29 is 9.47 Å². The van der Waals surface area contributed by atoms with Gasteiger partial charge in [-0.05, 0) is 24.6 Å². The van der Waals surface area contributed by atoms with E-state index >= 15 is 0 Å². The third kappa shape index (κ3) is 2.91. The minimum absolute atomic E-state index is 0.524. The zero-order valence-electron chi connectivity index (χ0n) is 11.5. The second kappa shape index (κ2) is 6.50. The van der Waals surface area contributed by atoms with Gasteiger partial charge in [-0.2, -0.15) is 0 Å². The van der Waals surface area contributed by atoms with E-state index in [1.165, 1.54) is 11.1 Å². The van der Waals surface area contributed by atoms with Crippen molar-refractivity contribution in [3.05, 3.63) is 23.3 Å². The topological polar surface area (TPSA) is 30.5 Å². The van der Waals surface area contributed by atoms with Crippen LogP contribution < -0.4 is 14.8 Å². The molecule has 1 aliphatic rings. The Morgan fingerprint density at radius 1 is 1.06 bits per heavy atom. The minimum atomic E-state index is 0.524. The third-order valence-corrected chi connectivity index (χ3v) is 2.88. The predicted octanol–water partition coefficient (Wildman–Crippen LogP) is 2.73. The van der Waals surface area contributed by atoms with Crippen LogP contribution >= 0.6 is 0 Å². The highest BCUT2D eigenvalue weighted by Crippen LogP contribution is 2.38. The Labute approximate surface area is 104 Å². The number of methoxy groups -OCH3 is 2. The summed E-state index contributed by atoms with van der Waals surface area (Å²) in [6.07, 6.45) is 0. The first-order valence-electron chi connectivity index (χ1n) is 6.19. The van der Waals surface area contributed by atoms with Crippen LogP contribution in [0.1, 0.15) is 30.9 Å². The summed E-state index contributed by atoms with van der Waals surface area (Å²) >= 11 is 0. The van der Waals surface area contributed by atoms with Crippen LogP contribution in [0.25, 0.3) is 0 Å². The zero-order valence-corrected chi connectivity index (χ0v) is 11.5. The Kier molecular flexibility index (Phi) is 5.29. The van der Waals surface area contributed by atoms with E-state index < -0.39 is 0 Å². The quantitative estimate of drug-likeness (QED) is 0.877. The molecule has 1 aromatic rings. The van der Waals surface area contributed by atoms with Crippen molar-refractivity contribution in [3.63, 3.8) is 0 Å². The fourth-order valence-corrected chi connectivity index (χ4v) is 1.97. The molecule has 2 rings (SSSR count). The molecule has 3 nitrogen and oxygen atoms in total. The number of hydrogen-bond donors (Lipinski definition) is 1. The normalized spacial score (nSPS) is 14.4. The van der Waals surface area contributed by atoms with Crippen molar-refractivity contribution in [1.29, 1.82) is 0 Å². The largest absolute Gasteiger partial charge is 0.496 e. The lowest BCUT2D eigenvalue weighted by molar-refractivity contribution is 0.356. The molecule has 1 N–H and O–H groups in total. The first kappa shape index (κ1) is 13.8. The van der Waals surface area contributed by atoms with E-state index in [9.17, 15) is 0 Å². The highest BCUT2D eigenvalue weighted by Gasteiger charge is 2.26. The van der Waals surface area contributed by atoms with Gasteiger partial charge in [0.2, 0.25) is 0 Å². The SMILES string of the molecule is CC.COc1cc(C)cc(OC)c1C1CNC1. The number of rotatable bonds is 3. The summed E-state index contributed by atoms with van der Waals surface area (Å²) in [5, 5.41) is 3.27. The zero-order chi connectivity index (χ0) is 12.8. The molecule has 0 bridgehead atoms. The molecule has 17 heavy (non-hydrogen) atoms. The number of ether oxygens (including phenoxy) is 2. The van der Waals surface area contributed by atoms with Crippen LogP contribution in [-0.4, -0.2) is 27.3 Å². The van der Waals surface area contributed by atoms with Crippen molar-refractivity contribution in [1.82, 2.24) is 5.32 Å². The monoisotopic (exact) mass is 237 g/mol. The van der Waals surface area contributed by atoms with Crippen LogP contribution in [0, 0.1) is 6.92 Å². The smallest absolute Gasteiger partial charge is 0.126 e. The van der Waals surface area contributed by atoms with Gasteiger partial charge in [0.25, 0.3) is 0 Å². The van der Waals surface area contributed by atoms with Crippen LogP contribution in [0.2, 0.25) is 0 Å². The molecule has 1 fully saturated rings. The lowest BCUT2D eigenvalue weighted by atomic mass is 9.91. The van der Waals surface area contributed by atoms with E-state index in [1.54, 1.807) is 14.2 Å². The number of nitrogens with one attached hydrogen (secondary N) is 1. The average molecular weight is 237 g/mol. The van der Waals surface area contributed by atoms with Crippen molar-refractivity contribution in [2.75, 3.05) is 27.3 Å². The highest BCUT2D eigenvalue weighted by atomic mass is 16.5. The molecule has 0 radical (unpaired) electrons. The van der Waals surface area contributed by atoms with Crippen LogP contribution in [0.5, 0.6) is 11.5 Å². The molecule has 96 valence electrons. The maximum Gasteiger partial charge on any atom is 0.126 e. The first-order valence-corrected chi connectivity index (χ1v) is 6.19. The van der Waals surface area contributed by atoms with Gasteiger partial charge >= 0.3 is 0 Å². The number of aryl methyl sites for hydroxylation is 1. The molecule has 0 aliphatic carbocycles. The average Bonchev–Trinajstić information content (AvgIpc) is 2.31. The van der Waals surface area contributed by atoms with Gasteiger partial charge in [-0.25, -0.2) is 0 Å². The van der Waals surface area contributed by atoms with E-state index in [-0.39, 0.29) is 0 Å². The summed E-state index contributed by atoms with van der Waals surface area (Å²) in [4.78, 5) is 0. The number of benzene rings is 1. The van der Waals surface area contributed by atoms with Gasteiger partial charge in [0.05, 0.1) is 14.2 Å². The van der Waals surface area contributed by atoms with Gasteiger partial charge in [-0.3, -0.25) is 0 Å². The van der Waals surface area contributed by atoms with Gasteiger partial charge in [-0.1, -0.05) is 13.8 Å². The van der Waals surface area contributed by atoms with Gasteiger partial charge in [0.1, 0.15) is 11.5 Å². The predicted molar refractivity (Wildman–Crippen MR) is 71.2 cm³/mol. The third-order valence-electron chi connectivity index (χ3n) is 2.88. The standard InChI is InChI=1S/C12H17NO2.C2H6/c1-8-4-10(14-2)12(9-6-13-7-9)11(5-8)15-3;1-2/h4-5,9,13H,6-7H2,1-3H3;1-2H3. The molecule has 0 amide bonds. The molecule has 1 aromatic carbocycles. The summed E-state index contributed by atoms with van der Waals surface area (Å²) in [6.45, 7) is 8.07. The van der Waals surface area contributed by atoms with E-state index in [1.807, 2.05) is 20.8 Å². The van der Waals surface area contributed by atoms with Gasteiger partial charge in [0, 0.05) is 24.6 Å². The van der Waals surface area contributed by atoms with Crippen molar-refractivity contribution in [2.45, 2.75) is 26.7 Å². The van der Waals surface area contributed by atoms with E-state index in [0.717, 1.165) is 24.6 Å². The van der Waals surface area contributed by atoms with Crippen molar-refractivity contribution in [3.8, 4) is 11.5 Å². The molecule has 1 saturated heterocycles. The Morgan fingerprint density at radius 2 is 1.53 bits per heavy atom. The van der Waals surface area contributed by atoms with Crippen LogP contribution in [0.3, 0.4) is 0 Å². The van der Waals surface area contributed by atoms with E-state index in [4.69, 9.17) is 9.47 Å². The van der Waals surface area contributed by atoms with Crippen LogP contribution in [-0.2, 0) is 0 Å². The van der Waals surface area contributed by atoms with E-state index in [2.05, 4.69) is 17.4 Å². The Balaban J connectivity index is 0.000000686. The maximum atomic E-state index is 5.42. The lowest BCUT2D eigenvalue weighted by Gasteiger charge is -2.30. The second-order valence-electron chi connectivity index (χ2n) is 3.94. The first-order chi connectivity index (χ1) is 8.26. The van der Waals surface area contributed by atoms with Gasteiger partial charge in [0.15, 0.2) is 0 Å². The van der Waals surface area contributed by atoms with Crippen LogP contribution in [0.4, 0.5) is 0 Å². The molecular formula is C14H23NO2. The fraction of sp³-hybridized carbons (Fsp3) is 0.571. The molecule has 0 atom stereocenters. The molecular weight excluding hydrogens is 214 g/mol. The maximum absolute atomic E-state index is 5.42. The second-order valence-corrected chi connectivity index (χ2v) is 3.94. The van der Waals surface area contributed by atoms with Gasteiger partial charge < -0.3 is 14.8 Å². The summed E-state index contributed by atoms with van der Waals surface area (Å²) in [6, 6.07) is 4.13. The Hall–Kier alpha value is -1.22. The summed E-state index contributed by atoms with van der Waals surface area (Å²) in [5.74, 6) is 2.41. The molecule has 0 aromatic heterocycles. The molecule has 0 saturated carbocycles. The van der Waals surface area contributed by atoms with Gasteiger partial charge in [-0.15, -0.1) is 0 Å². The number of hydrogen-bond acceptors (Lipinski definition) is 3. The minimum Gasteiger partial charge on any atom is -0.496 e. The Morgan fingerprint density at radius 3 is 1.82 bits per heavy atom. The van der Waals surface area contributed by atoms with Crippen molar-refractivity contribution in [2.24, 2.45) is 0 Å². The summed E-state index contributed by atoms with van der Waals surface area (Å²) < 4.78 is 10.8. The highest BCUT2D eigenvalue weighted by molar-refractivity contribution is 5.51. The lowest BCUT2D eigenvalue weighted by Crippen LogP contribution is -2.40. The molecule has 3 heteroatoms. The molecule has 0 spiro atoms. The summed E-state index contributed by atoms with van der Waals surface area (Å²) in [7, 11) is 3.42. The fourth-order valence-electron chi connectivity index (χ4n) is 1.97. The molecule has 1 aliphatic heterocycles. The van der Waals surface area contributed by atoms with E-state index in [0.29, 0.717) is 5.92 Å². The van der Waals surface area contributed by atoms with Crippen molar-refractivity contribution >= 4 is 0 Å². The molecule has 0 unspecified atom stereocenters. The molecule has 1 heterocycles. The van der Waals surface area contributed by atoms with Crippen LogP contribution in [0.15, 0.2) is 12.1 Å².